The summed E-state index contributed by atoms with van der Waals surface area (Å²) < 4.78 is 0. The highest BCUT2D eigenvalue weighted by atomic mass is 16.3. The van der Waals surface area contributed by atoms with Crippen molar-refractivity contribution in [1.82, 2.24) is 0 Å². The van der Waals surface area contributed by atoms with Crippen molar-refractivity contribution >= 4 is 0 Å². The molecule has 1 saturated carbocycles. The Kier molecular flexibility index (Phi) is 5.07. The molecule has 0 radical (unpaired) electrons. The molecule has 0 aromatic rings. The first-order valence-electron chi connectivity index (χ1n) is 7.53. The summed E-state index contributed by atoms with van der Waals surface area (Å²) in [5.41, 5.74) is 0.0642. The Balaban J connectivity index is 2.49. The van der Waals surface area contributed by atoms with E-state index < -0.39 is 0 Å². The smallest absolute Gasteiger partial charge is 0.0650 e. The van der Waals surface area contributed by atoms with Crippen LogP contribution in [0.5, 0.6) is 0 Å². The molecule has 1 rings (SSSR count). The molecule has 0 aromatic carbocycles. The Morgan fingerprint density at radius 3 is 1.94 bits per heavy atom. The Morgan fingerprint density at radius 1 is 1.12 bits per heavy atom. The molecule has 0 aliphatic heterocycles. The summed E-state index contributed by atoms with van der Waals surface area (Å²) >= 11 is 0. The van der Waals surface area contributed by atoms with Gasteiger partial charge in [0.1, 0.15) is 0 Å². The quantitative estimate of drug-likeness (QED) is 0.749. The minimum atomic E-state index is -0.349. The van der Waals surface area contributed by atoms with E-state index in [1.807, 2.05) is 0 Å². The van der Waals surface area contributed by atoms with Crippen LogP contribution in [-0.2, 0) is 0 Å². The predicted molar refractivity (Wildman–Crippen MR) is 75.1 cm³/mol. The molecule has 0 spiro atoms. The number of aliphatic hydroxyl groups is 1. The first-order valence-corrected chi connectivity index (χ1v) is 7.53. The molecule has 0 saturated heterocycles. The summed E-state index contributed by atoms with van der Waals surface area (Å²) in [6.07, 6.45) is 7.90. The molecule has 0 atom stereocenters. The molecule has 17 heavy (non-hydrogen) atoms. The lowest BCUT2D eigenvalue weighted by Crippen LogP contribution is -2.38. The molecule has 0 bridgehead atoms. The van der Waals surface area contributed by atoms with Gasteiger partial charge in [0.25, 0.3) is 0 Å². The van der Waals surface area contributed by atoms with E-state index in [1.165, 1.54) is 25.7 Å². The average Bonchev–Trinajstić information content (AvgIpc) is 2.25. The number of rotatable bonds is 4. The second kappa shape index (κ2) is 5.73. The summed E-state index contributed by atoms with van der Waals surface area (Å²) in [7, 11) is 0. The fourth-order valence-corrected chi connectivity index (χ4v) is 3.34. The van der Waals surface area contributed by atoms with Gasteiger partial charge in [-0.1, -0.05) is 47.5 Å². The van der Waals surface area contributed by atoms with Crippen molar-refractivity contribution in [2.75, 3.05) is 0 Å². The zero-order chi connectivity index (χ0) is 13.1. The van der Waals surface area contributed by atoms with E-state index in [9.17, 15) is 5.11 Å². The zero-order valence-electron chi connectivity index (χ0n) is 12.6. The lowest BCUT2D eigenvalue weighted by molar-refractivity contribution is -0.0430. The van der Waals surface area contributed by atoms with Crippen LogP contribution in [0.25, 0.3) is 0 Å². The topological polar surface area (TPSA) is 20.2 Å². The van der Waals surface area contributed by atoms with Gasteiger partial charge in [0.15, 0.2) is 0 Å². The summed E-state index contributed by atoms with van der Waals surface area (Å²) in [5.74, 6) is 1.51. The first-order chi connectivity index (χ1) is 7.80. The number of hydrogen-bond donors (Lipinski definition) is 1. The van der Waals surface area contributed by atoms with Crippen LogP contribution in [0.3, 0.4) is 0 Å². The van der Waals surface area contributed by atoms with E-state index >= 15 is 0 Å². The fourth-order valence-electron chi connectivity index (χ4n) is 3.34. The Hall–Kier alpha value is -0.0400. The van der Waals surface area contributed by atoms with E-state index in [-0.39, 0.29) is 5.60 Å². The molecular weight excluding hydrogens is 208 g/mol. The monoisotopic (exact) mass is 240 g/mol. The molecule has 1 aliphatic carbocycles. The molecular formula is C16H32O. The van der Waals surface area contributed by atoms with Crippen molar-refractivity contribution in [2.24, 2.45) is 17.3 Å². The van der Waals surface area contributed by atoms with Gasteiger partial charge in [0.2, 0.25) is 0 Å². The molecule has 0 aromatic heterocycles. The molecule has 1 N–H and O–H groups in total. The highest BCUT2D eigenvalue weighted by molar-refractivity contribution is 4.90. The van der Waals surface area contributed by atoms with Gasteiger partial charge in [0.05, 0.1) is 5.60 Å². The molecule has 1 aliphatic rings. The van der Waals surface area contributed by atoms with Crippen LogP contribution in [-0.4, -0.2) is 10.7 Å². The fraction of sp³-hybridized carbons (Fsp3) is 1.00. The SMILES string of the molecule is CCC(CC)CC1(O)CCC(C(C)(C)C)CC1. The van der Waals surface area contributed by atoms with E-state index in [4.69, 9.17) is 0 Å². The zero-order valence-corrected chi connectivity index (χ0v) is 12.6. The summed E-state index contributed by atoms with van der Waals surface area (Å²) in [6, 6.07) is 0. The van der Waals surface area contributed by atoms with E-state index in [1.54, 1.807) is 0 Å². The lowest BCUT2D eigenvalue weighted by atomic mass is 9.66. The molecule has 1 fully saturated rings. The molecule has 0 heterocycles. The summed E-state index contributed by atoms with van der Waals surface area (Å²) in [5, 5.41) is 10.7. The minimum Gasteiger partial charge on any atom is -0.390 e. The van der Waals surface area contributed by atoms with Crippen molar-refractivity contribution in [3.05, 3.63) is 0 Å². The van der Waals surface area contributed by atoms with Crippen molar-refractivity contribution in [3.8, 4) is 0 Å². The van der Waals surface area contributed by atoms with Crippen LogP contribution >= 0.6 is 0 Å². The lowest BCUT2D eigenvalue weighted by Gasteiger charge is -2.42. The standard InChI is InChI=1S/C16H32O/c1-6-13(7-2)12-16(17)10-8-14(9-11-16)15(3,4)5/h13-14,17H,6-12H2,1-5H3. The van der Waals surface area contributed by atoms with Crippen LogP contribution in [0.4, 0.5) is 0 Å². The predicted octanol–water partition coefficient (Wildman–Crippen LogP) is 4.78. The third-order valence-corrected chi connectivity index (χ3v) is 4.96. The van der Waals surface area contributed by atoms with Crippen LogP contribution in [0.15, 0.2) is 0 Å². The maximum Gasteiger partial charge on any atom is 0.0650 e. The third-order valence-electron chi connectivity index (χ3n) is 4.96. The van der Waals surface area contributed by atoms with E-state index in [2.05, 4.69) is 34.6 Å². The Morgan fingerprint density at radius 2 is 1.59 bits per heavy atom. The second-order valence-electron chi connectivity index (χ2n) is 7.25. The Bertz CT molecular complexity index is 214. The van der Waals surface area contributed by atoms with Crippen molar-refractivity contribution in [2.45, 2.75) is 85.2 Å². The molecule has 0 amide bonds. The van der Waals surface area contributed by atoms with Gasteiger partial charge < -0.3 is 5.11 Å². The first kappa shape index (κ1) is 15.0. The highest BCUT2D eigenvalue weighted by Gasteiger charge is 2.37. The van der Waals surface area contributed by atoms with Gasteiger partial charge in [0, 0.05) is 0 Å². The van der Waals surface area contributed by atoms with Gasteiger partial charge >= 0.3 is 0 Å². The molecule has 1 heteroatoms. The summed E-state index contributed by atoms with van der Waals surface area (Å²) in [6.45, 7) is 11.5. The van der Waals surface area contributed by atoms with Crippen LogP contribution in [0, 0.1) is 17.3 Å². The third kappa shape index (κ3) is 4.28. The van der Waals surface area contributed by atoms with Gasteiger partial charge in [-0.3, -0.25) is 0 Å². The minimum absolute atomic E-state index is 0.349. The van der Waals surface area contributed by atoms with Crippen molar-refractivity contribution in [1.29, 1.82) is 0 Å². The summed E-state index contributed by atoms with van der Waals surface area (Å²) in [4.78, 5) is 0. The van der Waals surface area contributed by atoms with Gasteiger partial charge in [-0.05, 0) is 49.4 Å². The highest BCUT2D eigenvalue weighted by Crippen LogP contribution is 2.43. The largest absolute Gasteiger partial charge is 0.390 e. The van der Waals surface area contributed by atoms with Crippen LogP contribution in [0.1, 0.15) is 79.6 Å². The van der Waals surface area contributed by atoms with E-state index in [0.717, 1.165) is 25.2 Å². The molecule has 102 valence electrons. The average molecular weight is 240 g/mol. The maximum atomic E-state index is 10.7. The Labute approximate surface area is 108 Å². The van der Waals surface area contributed by atoms with Crippen LogP contribution in [0.2, 0.25) is 0 Å². The molecule has 0 unspecified atom stereocenters. The van der Waals surface area contributed by atoms with Crippen molar-refractivity contribution < 1.29 is 5.11 Å². The normalized spacial score (nSPS) is 30.9. The molecule has 1 nitrogen and oxygen atoms in total. The number of hydrogen-bond acceptors (Lipinski definition) is 1. The van der Waals surface area contributed by atoms with Gasteiger partial charge in [-0.15, -0.1) is 0 Å². The van der Waals surface area contributed by atoms with Crippen molar-refractivity contribution in [3.63, 3.8) is 0 Å². The maximum absolute atomic E-state index is 10.7. The van der Waals surface area contributed by atoms with Crippen LogP contribution < -0.4 is 0 Å². The van der Waals surface area contributed by atoms with Gasteiger partial charge in [-0.2, -0.15) is 0 Å². The van der Waals surface area contributed by atoms with Gasteiger partial charge in [-0.25, -0.2) is 0 Å². The second-order valence-corrected chi connectivity index (χ2v) is 7.25. The van der Waals surface area contributed by atoms with E-state index in [0.29, 0.717) is 11.3 Å².